The standard InChI is InChI=1S/C20H28N2O/c1-15-5-7-16(8-6-15)17-13-18-9-10-19(14-17)22(18)20(23)21-11-3-2-4-12-21/h5-8,17-19H,2-4,9-14H2,1H3/t17-,18+,19-. The van der Waals surface area contributed by atoms with Crippen LogP contribution in [0.25, 0.3) is 0 Å². The van der Waals surface area contributed by atoms with Gasteiger partial charge in [-0.2, -0.15) is 0 Å². The highest BCUT2D eigenvalue weighted by Crippen LogP contribution is 2.43. The van der Waals surface area contributed by atoms with Crippen LogP contribution in [-0.4, -0.2) is 41.0 Å². The molecule has 3 saturated heterocycles. The molecule has 4 rings (SSSR count). The molecule has 3 atom stereocenters. The summed E-state index contributed by atoms with van der Waals surface area (Å²) in [4.78, 5) is 17.3. The van der Waals surface area contributed by atoms with E-state index in [2.05, 4.69) is 41.0 Å². The Bertz CT molecular complexity index is 548. The third-order valence-electron chi connectivity index (χ3n) is 6.13. The van der Waals surface area contributed by atoms with Crippen LogP contribution in [0, 0.1) is 6.92 Å². The first-order valence-corrected chi connectivity index (χ1v) is 9.36. The van der Waals surface area contributed by atoms with Crippen molar-refractivity contribution in [2.75, 3.05) is 13.1 Å². The highest BCUT2D eigenvalue weighted by atomic mass is 16.2. The van der Waals surface area contributed by atoms with Crippen molar-refractivity contribution in [3.63, 3.8) is 0 Å². The summed E-state index contributed by atoms with van der Waals surface area (Å²) in [5.41, 5.74) is 2.80. The topological polar surface area (TPSA) is 23.6 Å². The number of carbonyl (C=O) groups is 1. The molecule has 0 aliphatic carbocycles. The Morgan fingerprint density at radius 2 is 1.57 bits per heavy atom. The van der Waals surface area contributed by atoms with Crippen molar-refractivity contribution in [3.8, 4) is 0 Å². The van der Waals surface area contributed by atoms with Gasteiger partial charge in [0.05, 0.1) is 0 Å². The fraction of sp³-hybridized carbons (Fsp3) is 0.650. The van der Waals surface area contributed by atoms with Crippen molar-refractivity contribution in [3.05, 3.63) is 35.4 Å². The van der Waals surface area contributed by atoms with Gasteiger partial charge in [-0.05, 0) is 63.4 Å². The molecule has 3 aliphatic heterocycles. The second-order valence-corrected chi connectivity index (χ2v) is 7.70. The summed E-state index contributed by atoms with van der Waals surface area (Å²) in [5, 5.41) is 0. The van der Waals surface area contributed by atoms with Crippen LogP contribution >= 0.6 is 0 Å². The summed E-state index contributed by atoms with van der Waals surface area (Å²) in [6.45, 7) is 4.08. The normalized spacial score (nSPS) is 30.6. The molecule has 3 heteroatoms. The van der Waals surface area contributed by atoms with Gasteiger partial charge in [0.2, 0.25) is 0 Å². The third-order valence-corrected chi connectivity index (χ3v) is 6.13. The number of aryl methyl sites for hydroxylation is 1. The summed E-state index contributed by atoms with van der Waals surface area (Å²) in [6, 6.07) is 10.3. The first kappa shape index (κ1) is 15.0. The summed E-state index contributed by atoms with van der Waals surface area (Å²) in [7, 11) is 0. The lowest BCUT2D eigenvalue weighted by Crippen LogP contribution is -2.53. The first-order chi connectivity index (χ1) is 11.2. The summed E-state index contributed by atoms with van der Waals surface area (Å²) in [6.07, 6.45) is 8.35. The minimum absolute atomic E-state index is 0.333. The first-order valence-electron chi connectivity index (χ1n) is 9.36. The number of hydrogen-bond acceptors (Lipinski definition) is 1. The van der Waals surface area contributed by atoms with Crippen LogP contribution in [0.2, 0.25) is 0 Å². The smallest absolute Gasteiger partial charge is 0.320 e. The average molecular weight is 312 g/mol. The molecule has 1 aromatic rings. The molecular formula is C20H28N2O. The van der Waals surface area contributed by atoms with Crippen molar-refractivity contribution in [2.24, 2.45) is 0 Å². The molecule has 3 heterocycles. The van der Waals surface area contributed by atoms with Crippen LogP contribution in [0.1, 0.15) is 62.0 Å². The van der Waals surface area contributed by atoms with Gasteiger partial charge < -0.3 is 9.80 Å². The zero-order valence-electron chi connectivity index (χ0n) is 14.2. The minimum atomic E-state index is 0.333. The van der Waals surface area contributed by atoms with Crippen LogP contribution < -0.4 is 0 Å². The van der Waals surface area contributed by atoms with Gasteiger partial charge in [-0.1, -0.05) is 29.8 Å². The van der Waals surface area contributed by atoms with E-state index in [4.69, 9.17) is 0 Å². The zero-order valence-corrected chi connectivity index (χ0v) is 14.2. The maximum absolute atomic E-state index is 13.0. The molecular weight excluding hydrogens is 284 g/mol. The highest BCUT2D eigenvalue weighted by molar-refractivity contribution is 5.76. The SMILES string of the molecule is Cc1ccc([C@H]2C[C@H]3CC[C@@H](C2)N3C(=O)N2CCCCC2)cc1. The molecule has 0 unspecified atom stereocenters. The lowest BCUT2D eigenvalue weighted by atomic mass is 9.85. The number of hydrogen-bond donors (Lipinski definition) is 0. The quantitative estimate of drug-likeness (QED) is 0.758. The molecule has 0 radical (unpaired) electrons. The van der Waals surface area contributed by atoms with Crippen molar-refractivity contribution >= 4 is 6.03 Å². The van der Waals surface area contributed by atoms with Crippen LogP contribution in [0.3, 0.4) is 0 Å². The molecule has 0 aromatic heterocycles. The minimum Gasteiger partial charge on any atom is -0.325 e. The van der Waals surface area contributed by atoms with Crippen molar-refractivity contribution in [2.45, 2.75) is 69.9 Å². The van der Waals surface area contributed by atoms with E-state index in [9.17, 15) is 4.79 Å². The molecule has 0 spiro atoms. The van der Waals surface area contributed by atoms with Gasteiger partial charge in [-0.25, -0.2) is 4.79 Å². The zero-order chi connectivity index (χ0) is 15.8. The van der Waals surface area contributed by atoms with E-state index in [1.165, 1.54) is 43.2 Å². The average Bonchev–Trinajstić information content (AvgIpc) is 2.85. The van der Waals surface area contributed by atoms with Gasteiger partial charge in [-0.15, -0.1) is 0 Å². The van der Waals surface area contributed by atoms with E-state index in [0.717, 1.165) is 25.9 Å². The fourth-order valence-electron chi connectivity index (χ4n) is 4.85. The Labute approximate surface area is 139 Å². The van der Waals surface area contributed by atoms with E-state index in [-0.39, 0.29) is 0 Å². The molecule has 3 fully saturated rings. The Morgan fingerprint density at radius 3 is 2.17 bits per heavy atom. The monoisotopic (exact) mass is 312 g/mol. The van der Waals surface area contributed by atoms with Crippen LogP contribution in [0.15, 0.2) is 24.3 Å². The lowest BCUT2D eigenvalue weighted by Gasteiger charge is -2.42. The summed E-state index contributed by atoms with van der Waals surface area (Å²) in [5.74, 6) is 0.638. The number of piperidine rings is 2. The molecule has 3 nitrogen and oxygen atoms in total. The number of urea groups is 1. The lowest BCUT2D eigenvalue weighted by molar-refractivity contribution is 0.0991. The number of carbonyl (C=O) groups excluding carboxylic acids is 1. The van der Waals surface area contributed by atoms with E-state index in [0.29, 0.717) is 24.0 Å². The second-order valence-electron chi connectivity index (χ2n) is 7.70. The largest absolute Gasteiger partial charge is 0.325 e. The molecule has 3 aliphatic rings. The number of nitrogens with zero attached hydrogens (tertiary/aromatic N) is 2. The number of rotatable bonds is 1. The molecule has 0 N–H and O–H groups in total. The number of benzene rings is 1. The van der Waals surface area contributed by atoms with E-state index < -0.39 is 0 Å². The van der Waals surface area contributed by atoms with Gasteiger partial charge in [0.15, 0.2) is 0 Å². The van der Waals surface area contributed by atoms with E-state index >= 15 is 0 Å². The summed E-state index contributed by atoms with van der Waals surface area (Å²) >= 11 is 0. The predicted octanol–water partition coefficient (Wildman–Crippen LogP) is 4.31. The number of fused-ring (bicyclic) bond motifs is 2. The Morgan fingerprint density at radius 1 is 0.957 bits per heavy atom. The molecule has 124 valence electrons. The van der Waals surface area contributed by atoms with Gasteiger partial charge >= 0.3 is 6.03 Å². The molecule has 2 amide bonds. The van der Waals surface area contributed by atoms with Crippen molar-refractivity contribution < 1.29 is 4.79 Å². The maximum atomic E-state index is 13.0. The number of amides is 2. The predicted molar refractivity (Wildman–Crippen MR) is 92.6 cm³/mol. The Balaban J connectivity index is 1.47. The molecule has 2 bridgehead atoms. The molecule has 1 aromatic carbocycles. The van der Waals surface area contributed by atoms with Gasteiger partial charge in [0.1, 0.15) is 0 Å². The fourth-order valence-corrected chi connectivity index (χ4v) is 4.85. The third kappa shape index (κ3) is 2.86. The maximum Gasteiger partial charge on any atom is 0.320 e. The summed E-state index contributed by atoms with van der Waals surface area (Å²) < 4.78 is 0. The Kier molecular flexibility index (Phi) is 4.04. The van der Waals surface area contributed by atoms with Crippen molar-refractivity contribution in [1.82, 2.24) is 9.80 Å². The van der Waals surface area contributed by atoms with Crippen LogP contribution in [0.4, 0.5) is 4.79 Å². The van der Waals surface area contributed by atoms with Gasteiger partial charge in [-0.3, -0.25) is 0 Å². The van der Waals surface area contributed by atoms with Crippen LogP contribution in [-0.2, 0) is 0 Å². The molecule has 0 saturated carbocycles. The van der Waals surface area contributed by atoms with E-state index in [1.54, 1.807) is 0 Å². The van der Waals surface area contributed by atoms with Crippen molar-refractivity contribution in [1.29, 1.82) is 0 Å². The van der Waals surface area contributed by atoms with Crippen LogP contribution in [0.5, 0.6) is 0 Å². The molecule has 23 heavy (non-hydrogen) atoms. The van der Waals surface area contributed by atoms with Gasteiger partial charge in [0.25, 0.3) is 0 Å². The van der Waals surface area contributed by atoms with Gasteiger partial charge in [0, 0.05) is 25.2 Å². The second kappa shape index (κ2) is 6.18. The number of likely N-dealkylation sites (tertiary alicyclic amines) is 1. The van der Waals surface area contributed by atoms with E-state index in [1.807, 2.05) is 0 Å². The Hall–Kier alpha value is -1.51. The highest BCUT2D eigenvalue weighted by Gasteiger charge is 2.44.